The highest BCUT2D eigenvalue weighted by atomic mass is 19.4. The number of hydrogen-bond acceptors (Lipinski definition) is 7. The van der Waals surface area contributed by atoms with Gasteiger partial charge in [0.2, 0.25) is 0 Å². The first kappa shape index (κ1) is 31.9. The number of likely N-dealkylation sites (tertiary alicyclic amines) is 2. The molecule has 2 N–H and O–H groups in total. The van der Waals surface area contributed by atoms with Gasteiger partial charge in [0, 0.05) is 29.7 Å². The number of aromatic nitrogens is 1. The monoisotopic (exact) mass is 592 g/mol. The molecule has 0 radical (unpaired) electrons. The Balaban J connectivity index is 0.000000517. The summed E-state index contributed by atoms with van der Waals surface area (Å²) in [5, 5.41) is 12.1. The summed E-state index contributed by atoms with van der Waals surface area (Å²) < 4.78 is 43.8. The van der Waals surface area contributed by atoms with E-state index in [0.29, 0.717) is 12.6 Å². The van der Waals surface area contributed by atoms with Crippen LogP contribution in [0.15, 0.2) is 24.3 Å². The van der Waals surface area contributed by atoms with E-state index < -0.39 is 12.1 Å². The molecule has 2 aliphatic heterocycles. The number of allylic oxidation sites excluding steroid dienone is 2. The zero-order valence-corrected chi connectivity index (χ0v) is 24.6. The molecule has 0 unspecified atom stereocenters. The SMILES string of the molecule is COc1cc2c(NC3CCN(C)CC3)cc(C3=CCCCC3)nc2cc1OCCCN1CCCC1.O=C(O)C(F)(F)F. The molecule has 2 aromatic rings. The van der Waals surface area contributed by atoms with E-state index >= 15 is 0 Å². The first-order valence-corrected chi connectivity index (χ1v) is 15.0. The molecule has 11 heteroatoms. The first-order chi connectivity index (χ1) is 20.1. The molecule has 232 valence electrons. The summed E-state index contributed by atoms with van der Waals surface area (Å²) in [6.45, 7) is 6.54. The summed E-state index contributed by atoms with van der Waals surface area (Å²) in [5.41, 5.74) is 4.65. The average Bonchev–Trinajstić information content (AvgIpc) is 3.50. The van der Waals surface area contributed by atoms with Crippen molar-refractivity contribution in [2.24, 2.45) is 0 Å². The molecule has 2 saturated heterocycles. The standard InChI is InChI=1S/C29H42N4O2.C2HF3O2/c1-32-16-11-23(12-17-32)30-26-20-25(22-9-4-3-5-10-22)31-27-21-29(28(34-2)19-24(26)27)35-18-8-15-33-13-6-7-14-33;3-2(4,5)1(6)7/h9,19-21,23H,3-8,10-18H2,1-2H3,(H,30,31);(H,6,7). The summed E-state index contributed by atoms with van der Waals surface area (Å²) in [7, 11) is 3.94. The minimum Gasteiger partial charge on any atom is -0.493 e. The molecule has 1 aliphatic carbocycles. The number of ether oxygens (including phenoxy) is 2. The van der Waals surface area contributed by atoms with E-state index in [1.165, 1.54) is 50.0 Å². The number of halogens is 3. The number of nitrogens with zero attached hydrogens (tertiary/aromatic N) is 3. The van der Waals surface area contributed by atoms with Crippen LogP contribution in [-0.2, 0) is 4.79 Å². The summed E-state index contributed by atoms with van der Waals surface area (Å²) in [6.07, 6.45) is 8.11. The minimum atomic E-state index is -5.08. The maximum Gasteiger partial charge on any atom is 0.490 e. The quantitative estimate of drug-likeness (QED) is 0.333. The van der Waals surface area contributed by atoms with Crippen molar-refractivity contribution in [3.8, 4) is 11.5 Å². The number of pyridine rings is 1. The van der Waals surface area contributed by atoms with Crippen LogP contribution in [0.1, 0.15) is 63.5 Å². The molecule has 42 heavy (non-hydrogen) atoms. The molecule has 2 fully saturated rings. The highest BCUT2D eigenvalue weighted by Gasteiger charge is 2.38. The number of anilines is 1. The number of aliphatic carboxylic acids is 1. The Hall–Kier alpha value is -3.05. The predicted molar refractivity (Wildman–Crippen MR) is 158 cm³/mol. The Bertz CT molecular complexity index is 1220. The minimum absolute atomic E-state index is 0.484. The van der Waals surface area contributed by atoms with Crippen LogP contribution in [0.5, 0.6) is 11.5 Å². The van der Waals surface area contributed by atoms with E-state index in [-0.39, 0.29) is 0 Å². The number of carboxylic acid groups (broad SMARTS) is 1. The third-order valence-corrected chi connectivity index (χ3v) is 8.11. The van der Waals surface area contributed by atoms with Gasteiger partial charge in [-0.3, -0.25) is 0 Å². The number of rotatable bonds is 9. The van der Waals surface area contributed by atoms with Crippen LogP contribution < -0.4 is 14.8 Å². The second-order valence-corrected chi connectivity index (χ2v) is 11.3. The van der Waals surface area contributed by atoms with Gasteiger partial charge in [-0.1, -0.05) is 6.08 Å². The van der Waals surface area contributed by atoms with Crippen LogP contribution in [0.25, 0.3) is 16.5 Å². The average molecular weight is 593 g/mol. The third-order valence-electron chi connectivity index (χ3n) is 8.11. The van der Waals surface area contributed by atoms with Crippen LogP contribution >= 0.6 is 0 Å². The van der Waals surface area contributed by atoms with Gasteiger partial charge in [-0.2, -0.15) is 13.2 Å². The molecule has 5 rings (SSSR count). The summed E-state index contributed by atoms with van der Waals surface area (Å²) in [6, 6.07) is 6.97. The number of carbonyl (C=O) groups is 1. The Morgan fingerprint density at radius 3 is 2.40 bits per heavy atom. The van der Waals surface area contributed by atoms with Crippen molar-refractivity contribution in [3.63, 3.8) is 0 Å². The molecule has 3 heterocycles. The van der Waals surface area contributed by atoms with Gasteiger partial charge < -0.3 is 29.7 Å². The van der Waals surface area contributed by atoms with E-state index in [2.05, 4.69) is 46.4 Å². The second-order valence-electron chi connectivity index (χ2n) is 11.3. The Morgan fingerprint density at radius 2 is 1.79 bits per heavy atom. The number of benzene rings is 1. The van der Waals surface area contributed by atoms with Gasteiger partial charge in [0.25, 0.3) is 0 Å². The lowest BCUT2D eigenvalue weighted by molar-refractivity contribution is -0.192. The van der Waals surface area contributed by atoms with Gasteiger partial charge in [0.1, 0.15) is 0 Å². The fourth-order valence-electron chi connectivity index (χ4n) is 5.71. The summed E-state index contributed by atoms with van der Waals surface area (Å²) in [5.74, 6) is -1.17. The number of carboxylic acids is 1. The fraction of sp³-hybridized carbons (Fsp3) is 0.613. The number of hydrogen-bond donors (Lipinski definition) is 2. The molecule has 0 amide bonds. The predicted octanol–water partition coefficient (Wildman–Crippen LogP) is 6.20. The largest absolute Gasteiger partial charge is 0.493 e. The number of alkyl halides is 3. The van der Waals surface area contributed by atoms with E-state index in [0.717, 1.165) is 79.8 Å². The van der Waals surface area contributed by atoms with Crippen LogP contribution in [0.4, 0.5) is 18.9 Å². The maximum absolute atomic E-state index is 10.6. The van der Waals surface area contributed by atoms with Gasteiger partial charge in [-0.15, -0.1) is 0 Å². The van der Waals surface area contributed by atoms with Crippen molar-refractivity contribution in [1.29, 1.82) is 0 Å². The van der Waals surface area contributed by atoms with Crippen molar-refractivity contribution < 1.29 is 32.5 Å². The molecule has 3 aliphatic rings. The van der Waals surface area contributed by atoms with Crippen molar-refractivity contribution in [2.75, 3.05) is 58.8 Å². The first-order valence-electron chi connectivity index (χ1n) is 15.0. The Labute approximate surface area is 245 Å². The van der Waals surface area contributed by atoms with Crippen molar-refractivity contribution >= 4 is 28.1 Å². The topological polar surface area (TPSA) is 87.2 Å². The van der Waals surface area contributed by atoms with Crippen LogP contribution in [-0.4, -0.2) is 91.6 Å². The lowest BCUT2D eigenvalue weighted by atomic mass is 9.95. The van der Waals surface area contributed by atoms with E-state index in [9.17, 15) is 13.2 Å². The zero-order chi connectivity index (χ0) is 30.1. The molecule has 8 nitrogen and oxygen atoms in total. The number of methoxy groups -OCH3 is 1. The number of fused-ring (bicyclic) bond motifs is 1. The molecule has 0 spiro atoms. The van der Waals surface area contributed by atoms with Crippen molar-refractivity contribution in [3.05, 3.63) is 30.0 Å². The zero-order valence-electron chi connectivity index (χ0n) is 24.6. The smallest absolute Gasteiger partial charge is 0.490 e. The van der Waals surface area contributed by atoms with Crippen LogP contribution in [0, 0.1) is 0 Å². The van der Waals surface area contributed by atoms with Crippen LogP contribution in [0.2, 0.25) is 0 Å². The summed E-state index contributed by atoms with van der Waals surface area (Å²) >= 11 is 0. The van der Waals surface area contributed by atoms with Gasteiger partial charge >= 0.3 is 12.1 Å². The number of nitrogens with one attached hydrogen (secondary N) is 1. The molecule has 1 aromatic carbocycles. The second kappa shape index (κ2) is 14.9. The third kappa shape index (κ3) is 8.97. The molecule has 0 bridgehead atoms. The molecular weight excluding hydrogens is 549 g/mol. The fourth-order valence-corrected chi connectivity index (χ4v) is 5.71. The van der Waals surface area contributed by atoms with Gasteiger partial charge in [0.05, 0.1) is 24.9 Å². The molecular formula is C31H43F3N4O4. The van der Waals surface area contributed by atoms with Crippen molar-refractivity contribution in [1.82, 2.24) is 14.8 Å². The Kier molecular flexibility index (Phi) is 11.3. The van der Waals surface area contributed by atoms with Gasteiger partial charge in [-0.05, 0) is 109 Å². The van der Waals surface area contributed by atoms with E-state index in [4.69, 9.17) is 24.4 Å². The maximum atomic E-state index is 10.6. The Morgan fingerprint density at radius 1 is 1.07 bits per heavy atom. The van der Waals surface area contributed by atoms with E-state index in [1.807, 2.05) is 0 Å². The normalized spacial score (nSPS) is 18.7. The summed E-state index contributed by atoms with van der Waals surface area (Å²) in [4.78, 5) is 19.0. The van der Waals surface area contributed by atoms with E-state index in [1.54, 1.807) is 7.11 Å². The van der Waals surface area contributed by atoms with Crippen LogP contribution in [0.3, 0.4) is 0 Å². The highest BCUT2D eigenvalue weighted by molar-refractivity contribution is 5.95. The lowest BCUT2D eigenvalue weighted by Gasteiger charge is -2.30. The highest BCUT2D eigenvalue weighted by Crippen LogP contribution is 2.38. The molecule has 1 aromatic heterocycles. The van der Waals surface area contributed by atoms with Crippen molar-refractivity contribution in [2.45, 2.75) is 70.0 Å². The number of piperidine rings is 1. The van der Waals surface area contributed by atoms with Gasteiger partial charge in [0.15, 0.2) is 11.5 Å². The van der Waals surface area contributed by atoms with Gasteiger partial charge in [-0.25, -0.2) is 9.78 Å². The lowest BCUT2D eigenvalue weighted by Crippen LogP contribution is -2.36. The molecule has 0 saturated carbocycles. The molecule has 0 atom stereocenters.